The molecule has 0 fully saturated rings. The topological polar surface area (TPSA) is 64.3 Å². The molecule has 0 heterocycles. The molecule has 0 bridgehead atoms. The third-order valence-corrected chi connectivity index (χ3v) is 3.16. The maximum atomic E-state index is 11.8. The van der Waals surface area contributed by atoms with Crippen LogP contribution in [0.4, 0.5) is 0 Å². The molecule has 2 rings (SSSR count). The van der Waals surface area contributed by atoms with Gasteiger partial charge in [-0.1, -0.05) is 35.9 Å². The Hall–Kier alpha value is -2.11. The van der Waals surface area contributed by atoms with Gasteiger partial charge in [0.15, 0.2) is 5.11 Å². The van der Waals surface area contributed by atoms with Crippen molar-refractivity contribution in [1.29, 1.82) is 0 Å². The summed E-state index contributed by atoms with van der Waals surface area (Å²) in [5, 5.41) is 2.93. The van der Waals surface area contributed by atoms with Gasteiger partial charge in [-0.25, -0.2) is 0 Å². The lowest BCUT2D eigenvalue weighted by molar-refractivity contribution is 0.0977. The fourth-order valence-corrected chi connectivity index (χ4v) is 1.97. The van der Waals surface area contributed by atoms with Crippen molar-refractivity contribution >= 4 is 34.8 Å². The Morgan fingerprint density at radius 1 is 1.24 bits per heavy atom. The Bertz CT molecular complexity index is 676. The van der Waals surface area contributed by atoms with Crippen LogP contribution in [0.15, 0.2) is 48.5 Å². The lowest BCUT2D eigenvalue weighted by Crippen LogP contribution is -2.34. The lowest BCUT2D eigenvalue weighted by Gasteiger charge is -2.09. The standard InChI is InChI=1S/C15H13ClN2O2S/c16-13-7-2-1-4-11(13)9-20-12-6-3-5-10(8-12)14(19)18-15(17)21/h1-8H,9H2,(H3,17,18,19,21). The van der Waals surface area contributed by atoms with Crippen LogP contribution < -0.4 is 15.8 Å². The number of nitrogens with two attached hydrogens (primary N) is 1. The van der Waals surface area contributed by atoms with E-state index in [0.29, 0.717) is 22.9 Å². The molecule has 0 atom stereocenters. The van der Waals surface area contributed by atoms with Crippen molar-refractivity contribution in [2.75, 3.05) is 0 Å². The van der Waals surface area contributed by atoms with Gasteiger partial charge in [0.2, 0.25) is 0 Å². The molecule has 2 aromatic carbocycles. The fraction of sp³-hybridized carbons (Fsp3) is 0.0667. The predicted octanol–water partition coefficient (Wildman–Crippen LogP) is 2.89. The number of nitrogens with one attached hydrogen (secondary N) is 1. The van der Waals surface area contributed by atoms with E-state index in [1.165, 1.54) is 0 Å². The van der Waals surface area contributed by atoms with Gasteiger partial charge in [0.25, 0.3) is 5.91 Å². The summed E-state index contributed by atoms with van der Waals surface area (Å²) >= 11 is 10.7. The first-order valence-corrected chi connectivity index (χ1v) is 6.92. The highest BCUT2D eigenvalue weighted by Crippen LogP contribution is 2.19. The van der Waals surface area contributed by atoms with E-state index in [0.717, 1.165) is 5.56 Å². The van der Waals surface area contributed by atoms with Crippen LogP contribution >= 0.6 is 23.8 Å². The Kier molecular flexibility index (Phi) is 5.14. The second-order valence-corrected chi connectivity index (χ2v) is 5.07. The summed E-state index contributed by atoms with van der Waals surface area (Å²) in [6.45, 7) is 0.319. The number of halogens is 1. The van der Waals surface area contributed by atoms with E-state index in [9.17, 15) is 4.79 Å². The highest BCUT2D eigenvalue weighted by molar-refractivity contribution is 7.80. The average molecular weight is 321 g/mol. The van der Waals surface area contributed by atoms with Crippen molar-refractivity contribution < 1.29 is 9.53 Å². The normalized spacial score (nSPS) is 9.95. The summed E-state index contributed by atoms with van der Waals surface area (Å²) in [4.78, 5) is 11.8. The number of rotatable bonds is 4. The van der Waals surface area contributed by atoms with E-state index < -0.39 is 0 Å². The molecular formula is C15H13ClN2O2S. The van der Waals surface area contributed by atoms with Crippen LogP contribution in [0.25, 0.3) is 0 Å². The van der Waals surface area contributed by atoms with E-state index in [-0.39, 0.29) is 11.0 Å². The van der Waals surface area contributed by atoms with E-state index >= 15 is 0 Å². The van der Waals surface area contributed by atoms with Crippen molar-refractivity contribution in [3.63, 3.8) is 0 Å². The summed E-state index contributed by atoms with van der Waals surface area (Å²) in [5.74, 6) is 0.191. The highest BCUT2D eigenvalue weighted by atomic mass is 35.5. The molecule has 21 heavy (non-hydrogen) atoms. The van der Waals surface area contributed by atoms with Crippen molar-refractivity contribution in [2.24, 2.45) is 5.73 Å². The number of amides is 1. The zero-order chi connectivity index (χ0) is 15.2. The molecule has 0 aliphatic heterocycles. The van der Waals surface area contributed by atoms with Gasteiger partial charge >= 0.3 is 0 Å². The number of ether oxygens (including phenoxy) is 1. The van der Waals surface area contributed by atoms with Crippen molar-refractivity contribution in [1.82, 2.24) is 5.32 Å². The van der Waals surface area contributed by atoms with Crippen molar-refractivity contribution in [2.45, 2.75) is 6.61 Å². The Morgan fingerprint density at radius 2 is 2.00 bits per heavy atom. The maximum Gasteiger partial charge on any atom is 0.257 e. The highest BCUT2D eigenvalue weighted by Gasteiger charge is 2.07. The molecule has 0 aliphatic rings. The Morgan fingerprint density at radius 3 is 2.71 bits per heavy atom. The Labute approximate surface area is 132 Å². The van der Waals surface area contributed by atoms with E-state index in [4.69, 9.17) is 22.1 Å². The lowest BCUT2D eigenvalue weighted by atomic mass is 10.2. The SMILES string of the molecule is NC(=S)NC(=O)c1cccc(OCc2ccccc2Cl)c1. The first kappa shape index (κ1) is 15.3. The number of carbonyl (C=O) groups excluding carboxylic acids is 1. The van der Waals surface area contributed by atoms with Gasteiger partial charge in [-0.15, -0.1) is 0 Å². The molecular weight excluding hydrogens is 308 g/mol. The molecule has 0 radical (unpaired) electrons. The quantitative estimate of drug-likeness (QED) is 0.850. The fourth-order valence-electron chi connectivity index (χ4n) is 1.69. The first-order valence-electron chi connectivity index (χ1n) is 6.13. The minimum Gasteiger partial charge on any atom is -0.489 e. The number of hydrogen-bond acceptors (Lipinski definition) is 3. The van der Waals surface area contributed by atoms with Crippen LogP contribution in [0.1, 0.15) is 15.9 Å². The first-order chi connectivity index (χ1) is 10.1. The molecule has 0 saturated carbocycles. The summed E-state index contributed by atoms with van der Waals surface area (Å²) in [6, 6.07) is 14.2. The molecule has 108 valence electrons. The van der Waals surface area contributed by atoms with Crippen molar-refractivity contribution in [3.05, 3.63) is 64.7 Å². The zero-order valence-corrected chi connectivity index (χ0v) is 12.6. The molecule has 0 aliphatic carbocycles. The number of thiocarbonyl (C=S) groups is 1. The van der Waals surface area contributed by atoms with Crippen LogP contribution in [0.3, 0.4) is 0 Å². The number of benzene rings is 2. The van der Waals surface area contributed by atoms with Crippen LogP contribution in [0.5, 0.6) is 5.75 Å². The molecule has 0 aromatic heterocycles. The zero-order valence-electron chi connectivity index (χ0n) is 11.0. The molecule has 2 aromatic rings. The molecule has 3 N–H and O–H groups in total. The summed E-state index contributed by atoms with van der Waals surface area (Å²) in [7, 11) is 0. The van der Waals surface area contributed by atoms with Gasteiger partial charge in [0, 0.05) is 16.1 Å². The van der Waals surface area contributed by atoms with Crippen LogP contribution in [-0.2, 0) is 6.61 Å². The molecule has 4 nitrogen and oxygen atoms in total. The number of hydrogen-bond donors (Lipinski definition) is 2. The van der Waals surface area contributed by atoms with Gasteiger partial charge in [0.05, 0.1) is 0 Å². The largest absolute Gasteiger partial charge is 0.489 e. The third kappa shape index (κ3) is 4.44. The van der Waals surface area contributed by atoms with Gasteiger partial charge in [-0.3, -0.25) is 10.1 Å². The molecule has 0 unspecified atom stereocenters. The monoisotopic (exact) mass is 320 g/mol. The van der Waals surface area contributed by atoms with Gasteiger partial charge in [-0.2, -0.15) is 0 Å². The van der Waals surface area contributed by atoms with Crippen LogP contribution in [-0.4, -0.2) is 11.0 Å². The van der Waals surface area contributed by atoms with E-state index in [1.54, 1.807) is 30.3 Å². The number of carbonyl (C=O) groups is 1. The van der Waals surface area contributed by atoms with E-state index in [1.807, 2.05) is 18.2 Å². The van der Waals surface area contributed by atoms with Crippen LogP contribution in [0, 0.1) is 0 Å². The summed E-state index contributed by atoms with van der Waals surface area (Å²) in [6.07, 6.45) is 0. The smallest absolute Gasteiger partial charge is 0.257 e. The second kappa shape index (κ2) is 7.06. The molecule has 6 heteroatoms. The van der Waals surface area contributed by atoms with Crippen molar-refractivity contribution in [3.8, 4) is 5.75 Å². The van der Waals surface area contributed by atoms with Gasteiger partial charge in [0.1, 0.15) is 12.4 Å². The molecule has 0 saturated heterocycles. The van der Waals surface area contributed by atoms with Gasteiger partial charge in [-0.05, 0) is 36.5 Å². The third-order valence-electron chi connectivity index (χ3n) is 2.69. The maximum absolute atomic E-state index is 11.8. The van der Waals surface area contributed by atoms with E-state index in [2.05, 4.69) is 17.5 Å². The van der Waals surface area contributed by atoms with Crippen LogP contribution in [0.2, 0.25) is 5.02 Å². The summed E-state index contributed by atoms with van der Waals surface area (Å²) < 4.78 is 5.64. The average Bonchev–Trinajstić information content (AvgIpc) is 2.46. The second-order valence-electron chi connectivity index (χ2n) is 4.23. The minimum atomic E-state index is -0.370. The minimum absolute atomic E-state index is 0.0672. The molecule has 1 amide bonds. The van der Waals surface area contributed by atoms with Gasteiger partial charge < -0.3 is 10.5 Å². The summed E-state index contributed by atoms with van der Waals surface area (Å²) in [5.41, 5.74) is 6.56. The molecule has 0 spiro atoms. The predicted molar refractivity (Wildman–Crippen MR) is 86.5 cm³/mol. The Balaban J connectivity index is 2.06.